The minimum Gasteiger partial charge on any atom is -0.386 e. The highest BCUT2D eigenvalue weighted by molar-refractivity contribution is 9.11. The first kappa shape index (κ1) is 12.1. The zero-order valence-electron chi connectivity index (χ0n) is 8.70. The van der Waals surface area contributed by atoms with Gasteiger partial charge >= 0.3 is 0 Å². The molecule has 2 rings (SSSR count). The molecule has 0 radical (unpaired) electrons. The van der Waals surface area contributed by atoms with Gasteiger partial charge < -0.3 is 10.0 Å². The molecule has 0 aliphatic carbocycles. The van der Waals surface area contributed by atoms with Crippen molar-refractivity contribution in [2.24, 2.45) is 0 Å². The zero-order chi connectivity index (χ0) is 11.9. The number of halogens is 2. The molecule has 0 spiro atoms. The third kappa shape index (κ3) is 2.31. The monoisotopic (exact) mass is 347 g/mol. The van der Waals surface area contributed by atoms with Crippen molar-refractivity contribution in [2.75, 3.05) is 13.1 Å². The van der Waals surface area contributed by atoms with Gasteiger partial charge in [-0.3, -0.25) is 4.79 Å². The Morgan fingerprint density at radius 1 is 1.44 bits per heavy atom. The van der Waals surface area contributed by atoms with Crippen molar-refractivity contribution in [3.05, 3.63) is 32.7 Å². The first-order valence-electron chi connectivity index (χ1n) is 4.86. The molecule has 0 unspecified atom stereocenters. The Morgan fingerprint density at radius 2 is 2.06 bits per heavy atom. The van der Waals surface area contributed by atoms with Crippen molar-refractivity contribution >= 4 is 37.8 Å². The van der Waals surface area contributed by atoms with Gasteiger partial charge in [-0.1, -0.05) is 15.9 Å². The van der Waals surface area contributed by atoms with E-state index < -0.39 is 5.60 Å². The second-order valence-corrected chi connectivity index (χ2v) is 6.05. The van der Waals surface area contributed by atoms with Crippen LogP contribution in [0.15, 0.2) is 27.1 Å². The lowest BCUT2D eigenvalue weighted by molar-refractivity contribution is -0.0669. The summed E-state index contributed by atoms with van der Waals surface area (Å²) in [6, 6.07) is 5.47. The molecule has 1 saturated heterocycles. The second-order valence-electron chi connectivity index (χ2n) is 4.28. The number of hydrogen-bond donors (Lipinski definition) is 1. The summed E-state index contributed by atoms with van der Waals surface area (Å²) in [6.45, 7) is 2.52. The van der Waals surface area contributed by atoms with E-state index in [0.29, 0.717) is 18.7 Å². The predicted octanol–water partition coefficient (Wildman–Crippen LogP) is 2.42. The Labute approximate surface area is 111 Å². The average molecular weight is 349 g/mol. The number of benzene rings is 1. The van der Waals surface area contributed by atoms with Crippen molar-refractivity contribution in [3.8, 4) is 0 Å². The molecular formula is C11H11Br2NO2. The van der Waals surface area contributed by atoms with Gasteiger partial charge in [0.15, 0.2) is 0 Å². The maximum absolute atomic E-state index is 12.1. The smallest absolute Gasteiger partial charge is 0.255 e. The molecule has 1 fully saturated rings. The van der Waals surface area contributed by atoms with E-state index in [9.17, 15) is 9.90 Å². The molecule has 1 aromatic rings. The predicted molar refractivity (Wildman–Crippen MR) is 68.4 cm³/mol. The van der Waals surface area contributed by atoms with Crippen LogP contribution in [-0.2, 0) is 0 Å². The van der Waals surface area contributed by atoms with Gasteiger partial charge in [0.2, 0.25) is 0 Å². The summed E-state index contributed by atoms with van der Waals surface area (Å²) in [6.07, 6.45) is 0. The minimum absolute atomic E-state index is 0.0558. The number of carbonyl (C=O) groups is 1. The summed E-state index contributed by atoms with van der Waals surface area (Å²) in [5, 5.41) is 9.59. The molecular weight excluding hydrogens is 338 g/mol. The maximum atomic E-state index is 12.1. The Bertz CT molecular complexity index is 438. The average Bonchev–Trinajstić information content (AvgIpc) is 2.17. The zero-order valence-corrected chi connectivity index (χ0v) is 11.9. The molecule has 0 bridgehead atoms. The highest BCUT2D eigenvalue weighted by Gasteiger charge is 2.40. The van der Waals surface area contributed by atoms with Gasteiger partial charge in [-0.25, -0.2) is 0 Å². The number of nitrogens with zero attached hydrogens (tertiary/aromatic N) is 1. The van der Waals surface area contributed by atoms with Crippen molar-refractivity contribution in [2.45, 2.75) is 12.5 Å². The fraction of sp³-hybridized carbons (Fsp3) is 0.364. The van der Waals surface area contributed by atoms with E-state index in [0.717, 1.165) is 8.95 Å². The van der Waals surface area contributed by atoms with Gasteiger partial charge in [0.25, 0.3) is 5.91 Å². The van der Waals surface area contributed by atoms with E-state index >= 15 is 0 Å². The van der Waals surface area contributed by atoms with Crippen LogP contribution >= 0.6 is 31.9 Å². The molecule has 1 N–H and O–H groups in total. The van der Waals surface area contributed by atoms with E-state index in [-0.39, 0.29) is 5.91 Å². The summed E-state index contributed by atoms with van der Waals surface area (Å²) in [5.41, 5.74) is -0.112. The molecule has 1 amide bonds. The van der Waals surface area contributed by atoms with Crippen molar-refractivity contribution in [3.63, 3.8) is 0 Å². The lowest BCUT2D eigenvalue weighted by Gasteiger charge is -2.44. The SMILES string of the molecule is CC1(O)CN(C(=O)c2cc(Br)ccc2Br)C1. The second kappa shape index (κ2) is 4.13. The van der Waals surface area contributed by atoms with Gasteiger partial charge in [0.05, 0.1) is 24.3 Å². The fourth-order valence-corrected chi connectivity index (χ4v) is 2.53. The van der Waals surface area contributed by atoms with Gasteiger partial charge in [0, 0.05) is 8.95 Å². The molecule has 0 atom stereocenters. The number of β-amino-alcohol motifs (C(OH)–C–C–N with tert-alkyl or cyclic N) is 1. The van der Waals surface area contributed by atoms with Crippen LogP contribution in [-0.4, -0.2) is 34.6 Å². The van der Waals surface area contributed by atoms with E-state index in [1.54, 1.807) is 17.9 Å². The molecule has 0 saturated carbocycles. The summed E-state index contributed by atoms with van der Waals surface area (Å²) in [7, 11) is 0. The topological polar surface area (TPSA) is 40.5 Å². The number of aliphatic hydroxyl groups is 1. The first-order valence-corrected chi connectivity index (χ1v) is 6.44. The van der Waals surface area contributed by atoms with Crippen LogP contribution in [0.5, 0.6) is 0 Å². The van der Waals surface area contributed by atoms with Crippen LogP contribution in [0, 0.1) is 0 Å². The van der Waals surface area contributed by atoms with Gasteiger partial charge in [0.1, 0.15) is 0 Å². The number of rotatable bonds is 1. The van der Waals surface area contributed by atoms with Crippen LogP contribution in [0.2, 0.25) is 0 Å². The molecule has 0 aromatic heterocycles. The summed E-state index contributed by atoms with van der Waals surface area (Å²) < 4.78 is 1.64. The first-order chi connectivity index (χ1) is 7.39. The molecule has 5 heteroatoms. The number of likely N-dealkylation sites (tertiary alicyclic amines) is 1. The molecule has 1 aliphatic heterocycles. The van der Waals surface area contributed by atoms with E-state index in [2.05, 4.69) is 31.9 Å². The Balaban J connectivity index is 2.19. The van der Waals surface area contributed by atoms with Crippen LogP contribution in [0.3, 0.4) is 0 Å². The maximum Gasteiger partial charge on any atom is 0.255 e. The van der Waals surface area contributed by atoms with Crippen LogP contribution in [0.4, 0.5) is 0 Å². The standard InChI is InChI=1S/C11H11Br2NO2/c1-11(16)5-14(6-11)10(15)8-4-7(12)2-3-9(8)13/h2-4,16H,5-6H2,1H3. The van der Waals surface area contributed by atoms with E-state index in [1.165, 1.54) is 0 Å². The molecule has 1 aromatic carbocycles. The van der Waals surface area contributed by atoms with Crippen LogP contribution in [0.25, 0.3) is 0 Å². The van der Waals surface area contributed by atoms with Crippen LogP contribution < -0.4 is 0 Å². The molecule has 3 nitrogen and oxygen atoms in total. The summed E-state index contributed by atoms with van der Waals surface area (Å²) >= 11 is 6.69. The van der Waals surface area contributed by atoms with Gasteiger partial charge in [-0.15, -0.1) is 0 Å². The number of carbonyl (C=O) groups excluding carboxylic acids is 1. The Kier molecular flexibility index (Phi) is 3.11. The number of hydrogen-bond acceptors (Lipinski definition) is 2. The fourth-order valence-electron chi connectivity index (χ4n) is 1.75. The van der Waals surface area contributed by atoms with Crippen molar-refractivity contribution in [1.29, 1.82) is 0 Å². The van der Waals surface area contributed by atoms with E-state index in [1.807, 2.05) is 12.1 Å². The summed E-state index contributed by atoms with van der Waals surface area (Å²) in [5.74, 6) is -0.0558. The quantitative estimate of drug-likeness (QED) is 0.846. The highest BCUT2D eigenvalue weighted by atomic mass is 79.9. The minimum atomic E-state index is -0.728. The molecule has 1 heterocycles. The largest absolute Gasteiger partial charge is 0.386 e. The molecule has 86 valence electrons. The van der Waals surface area contributed by atoms with Crippen LogP contribution in [0.1, 0.15) is 17.3 Å². The number of amides is 1. The van der Waals surface area contributed by atoms with Crippen molar-refractivity contribution < 1.29 is 9.90 Å². The normalized spacial score (nSPS) is 18.1. The third-order valence-electron chi connectivity index (χ3n) is 2.51. The van der Waals surface area contributed by atoms with Crippen molar-refractivity contribution in [1.82, 2.24) is 4.90 Å². The Morgan fingerprint density at radius 3 is 2.62 bits per heavy atom. The Hall–Kier alpha value is -0.390. The van der Waals surface area contributed by atoms with Gasteiger partial charge in [-0.2, -0.15) is 0 Å². The highest BCUT2D eigenvalue weighted by Crippen LogP contribution is 2.27. The third-order valence-corrected chi connectivity index (χ3v) is 3.69. The molecule has 16 heavy (non-hydrogen) atoms. The lowest BCUT2D eigenvalue weighted by Crippen LogP contribution is -2.61. The lowest BCUT2D eigenvalue weighted by atomic mass is 9.96. The van der Waals surface area contributed by atoms with E-state index in [4.69, 9.17) is 0 Å². The summed E-state index contributed by atoms with van der Waals surface area (Å²) in [4.78, 5) is 13.7. The van der Waals surface area contributed by atoms with Gasteiger partial charge in [-0.05, 0) is 41.1 Å². The molecule has 1 aliphatic rings.